The molecule has 164 valence electrons. The lowest BCUT2D eigenvalue weighted by Crippen LogP contribution is -2.61. The van der Waals surface area contributed by atoms with Gasteiger partial charge in [-0.15, -0.1) is 0 Å². The molecule has 0 bridgehead atoms. The molecular formula is C23H30O7. The Morgan fingerprint density at radius 1 is 1.27 bits per heavy atom. The van der Waals surface area contributed by atoms with Crippen molar-refractivity contribution in [1.29, 1.82) is 0 Å². The molecule has 4 aliphatic carbocycles. The number of carbonyl (C=O) groups is 3. The number of allylic oxidation sites excluding steroid dienone is 4. The van der Waals surface area contributed by atoms with E-state index in [1.165, 1.54) is 0 Å². The highest BCUT2D eigenvalue weighted by molar-refractivity contribution is 6.01. The normalized spacial score (nSPS) is 44.6. The molecule has 7 nitrogen and oxygen atoms in total. The van der Waals surface area contributed by atoms with Crippen molar-refractivity contribution in [2.24, 2.45) is 28.6 Å². The van der Waals surface area contributed by atoms with E-state index in [2.05, 4.69) is 6.92 Å². The highest BCUT2D eigenvalue weighted by Crippen LogP contribution is 2.67. The molecular weight excluding hydrogens is 388 g/mol. The highest BCUT2D eigenvalue weighted by Gasteiger charge is 2.68. The monoisotopic (exact) mass is 418 g/mol. The van der Waals surface area contributed by atoms with Crippen LogP contribution in [0.4, 0.5) is 0 Å². The van der Waals surface area contributed by atoms with Crippen LogP contribution >= 0.6 is 0 Å². The minimum atomic E-state index is -1.69. The van der Waals surface area contributed by atoms with Crippen LogP contribution in [0, 0.1) is 28.6 Å². The molecule has 3 fully saturated rings. The topological polar surface area (TPSA) is 121 Å². The summed E-state index contributed by atoms with van der Waals surface area (Å²) in [6.07, 6.45) is 7.19. The maximum Gasteiger partial charge on any atom is 0.332 e. The van der Waals surface area contributed by atoms with Crippen molar-refractivity contribution >= 4 is 17.5 Å². The van der Waals surface area contributed by atoms with Gasteiger partial charge in [0.25, 0.3) is 0 Å². The second-order valence-corrected chi connectivity index (χ2v) is 9.85. The Balaban J connectivity index is 1.63. The van der Waals surface area contributed by atoms with Crippen LogP contribution in [0.1, 0.15) is 46.0 Å². The van der Waals surface area contributed by atoms with Gasteiger partial charge >= 0.3 is 5.97 Å². The van der Waals surface area contributed by atoms with Crippen LogP contribution < -0.4 is 0 Å². The molecule has 4 rings (SSSR count). The lowest BCUT2D eigenvalue weighted by molar-refractivity contribution is -0.181. The van der Waals surface area contributed by atoms with Gasteiger partial charge in [0.2, 0.25) is 5.78 Å². The molecule has 3 saturated carbocycles. The molecule has 3 N–H and O–H groups in total. The van der Waals surface area contributed by atoms with E-state index in [0.717, 1.165) is 18.4 Å². The summed E-state index contributed by atoms with van der Waals surface area (Å²) in [4.78, 5) is 36.0. The first-order valence-corrected chi connectivity index (χ1v) is 10.7. The van der Waals surface area contributed by atoms with Crippen LogP contribution in [0.5, 0.6) is 0 Å². The number of Topliss-reactive ketones (excluding diaryl/α,β-unsaturated/α-hetero) is 1. The summed E-state index contributed by atoms with van der Waals surface area (Å²) < 4.78 is 4.78. The molecule has 0 heterocycles. The number of rotatable bonds is 4. The zero-order chi connectivity index (χ0) is 21.9. The molecule has 0 spiro atoms. The first-order valence-electron chi connectivity index (χ1n) is 10.7. The molecule has 0 aliphatic heterocycles. The zero-order valence-corrected chi connectivity index (χ0v) is 17.5. The van der Waals surface area contributed by atoms with Gasteiger partial charge in [0, 0.05) is 16.7 Å². The van der Waals surface area contributed by atoms with Crippen molar-refractivity contribution in [2.45, 2.75) is 57.7 Å². The Hall–Kier alpha value is -1.83. The second kappa shape index (κ2) is 7.11. The molecule has 7 atom stereocenters. The van der Waals surface area contributed by atoms with Crippen molar-refractivity contribution in [2.75, 3.05) is 13.2 Å². The average molecular weight is 418 g/mol. The molecule has 0 radical (unpaired) electrons. The van der Waals surface area contributed by atoms with Crippen molar-refractivity contribution in [1.82, 2.24) is 0 Å². The van der Waals surface area contributed by atoms with Gasteiger partial charge < -0.3 is 20.1 Å². The summed E-state index contributed by atoms with van der Waals surface area (Å²) in [5.74, 6) is -1.43. The number of ketones is 2. The summed E-state index contributed by atoms with van der Waals surface area (Å²) in [5, 5.41) is 31.5. The van der Waals surface area contributed by atoms with Crippen molar-refractivity contribution < 1.29 is 34.4 Å². The Morgan fingerprint density at radius 3 is 2.70 bits per heavy atom. The lowest BCUT2D eigenvalue weighted by Gasteiger charge is -2.59. The summed E-state index contributed by atoms with van der Waals surface area (Å²) >= 11 is 0. The van der Waals surface area contributed by atoms with Gasteiger partial charge in [-0.25, -0.2) is 4.79 Å². The van der Waals surface area contributed by atoms with E-state index in [1.807, 2.05) is 13.0 Å². The summed E-state index contributed by atoms with van der Waals surface area (Å²) in [5.41, 5.74) is -1.87. The molecule has 0 unspecified atom stereocenters. The molecule has 0 amide bonds. The second-order valence-electron chi connectivity index (χ2n) is 9.85. The zero-order valence-electron chi connectivity index (χ0n) is 17.5. The van der Waals surface area contributed by atoms with Gasteiger partial charge in [-0.3, -0.25) is 9.59 Å². The Morgan fingerprint density at radius 2 is 2.00 bits per heavy atom. The third-order valence-electron chi connectivity index (χ3n) is 8.60. The lowest BCUT2D eigenvalue weighted by atomic mass is 9.46. The van der Waals surface area contributed by atoms with Crippen LogP contribution in [-0.4, -0.2) is 57.8 Å². The predicted octanol–water partition coefficient (Wildman–Crippen LogP) is 1.10. The van der Waals surface area contributed by atoms with E-state index in [4.69, 9.17) is 9.84 Å². The van der Waals surface area contributed by atoms with Gasteiger partial charge in [0.05, 0.1) is 6.10 Å². The van der Waals surface area contributed by atoms with E-state index in [0.29, 0.717) is 6.42 Å². The standard InChI is InChI=1S/C23H30O7/c1-21-7-5-14(25)9-13(21)3-4-15-16-6-8-23(29,18(27)12-30-19(28)11-24)22(16,2)10-17(26)20(15)21/h5,7,9,15-17,20,24,26,29H,3-4,6,8,10-12H2,1-2H3/t15-,16-,17-,20+,21-,22-,23-/m0/s1. The molecule has 4 aliphatic rings. The van der Waals surface area contributed by atoms with Crippen LogP contribution in [0.2, 0.25) is 0 Å². The van der Waals surface area contributed by atoms with Crippen LogP contribution in [0.3, 0.4) is 0 Å². The van der Waals surface area contributed by atoms with Gasteiger partial charge in [-0.05, 0) is 56.1 Å². The maximum atomic E-state index is 12.9. The van der Waals surface area contributed by atoms with E-state index >= 15 is 0 Å². The first kappa shape index (κ1) is 21.4. The molecule has 0 aromatic carbocycles. The number of aliphatic hydroxyl groups is 3. The summed E-state index contributed by atoms with van der Waals surface area (Å²) in [7, 11) is 0. The largest absolute Gasteiger partial charge is 0.456 e. The van der Waals surface area contributed by atoms with Crippen LogP contribution in [0.15, 0.2) is 23.8 Å². The Bertz CT molecular complexity index is 844. The van der Waals surface area contributed by atoms with Crippen molar-refractivity contribution in [3.05, 3.63) is 23.8 Å². The fourth-order valence-electron chi connectivity index (χ4n) is 7.10. The molecule has 7 heteroatoms. The summed E-state index contributed by atoms with van der Waals surface area (Å²) in [6, 6.07) is 0. The van der Waals surface area contributed by atoms with Gasteiger partial charge in [0.15, 0.2) is 12.4 Å². The molecule has 0 aromatic rings. The molecule has 0 aromatic heterocycles. The van der Waals surface area contributed by atoms with Gasteiger partial charge in [-0.1, -0.05) is 25.5 Å². The number of hydrogen-bond donors (Lipinski definition) is 3. The van der Waals surface area contributed by atoms with E-state index in [9.17, 15) is 24.6 Å². The molecule has 30 heavy (non-hydrogen) atoms. The smallest absolute Gasteiger partial charge is 0.332 e. The highest BCUT2D eigenvalue weighted by atomic mass is 16.5. The average Bonchev–Trinajstić information content (AvgIpc) is 2.97. The van der Waals surface area contributed by atoms with E-state index in [1.54, 1.807) is 12.2 Å². The number of fused-ring (bicyclic) bond motifs is 5. The fourth-order valence-corrected chi connectivity index (χ4v) is 7.10. The van der Waals surface area contributed by atoms with E-state index < -0.39 is 47.5 Å². The number of carbonyl (C=O) groups excluding carboxylic acids is 3. The third-order valence-corrected chi connectivity index (χ3v) is 8.60. The number of ether oxygens (including phenoxy) is 1. The minimum absolute atomic E-state index is 0.0191. The Labute approximate surface area is 175 Å². The van der Waals surface area contributed by atoms with Crippen LogP contribution in [-0.2, 0) is 19.1 Å². The number of hydrogen-bond acceptors (Lipinski definition) is 7. The van der Waals surface area contributed by atoms with Crippen molar-refractivity contribution in [3.8, 4) is 0 Å². The SMILES string of the molecule is C[C@]12C=CC(=O)C=C1CC[C@@H]1[C@@H]2[C@@H](O)C[C@@]2(C)[C@H]1CC[C@]2(O)C(=O)COC(=O)CO. The quantitative estimate of drug-likeness (QED) is 0.585. The minimum Gasteiger partial charge on any atom is -0.456 e. The van der Waals surface area contributed by atoms with Gasteiger partial charge in [-0.2, -0.15) is 0 Å². The summed E-state index contributed by atoms with van der Waals surface area (Å²) in [6.45, 7) is 2.53. The fraction of sp³-hybridized carbons (Fsp3) is 0.696. The Kier molecular flexibility index (Phi) is 5.07. The first-order chi connectivity index (χ1) is 14.1. The van der Waals surface area contributed by atoms with Gasteiger partial charge in [0.1, 0.15) is 12.2 Å². The number of aliphatic hydroxyl groups excluding tert-OH is 2. The van der Waals surface area contributed by atoms with E-state index in [-0.39, 0.29) is 36.4 Å². The predicted molar refractivity (Wildman–Crippen MR) is 106 cm³/mol. The maximum absolute atomic E-state index is 12.9. The number of esters is 1. The van der Waals surface area contributed by atoms with Crippen LogP contribution in [0.25, 0.3) is 0 Å². The molecule has 0 saturated heterocycles. The third kappa shape index (κ3) is 2.86. The van der Waals surface area contributed by atoms with Crippen molar-refractivity contribution in [3.63, 3.8) is 0 Å².